The van der Waals surface area contributed by atoms with Gasteiger partial charge in [-0.3, -0.25) is 0 Å². The van der Waals surface area contributed by atoms with E-state index in [9.17, 15) is 4.79 Å². The van der Waals surface area contributed by atoms with Gasteiger partial charge in [0.2, 0.25) is 0 Å². The van der Waals surface area contributed by atoms with Gasteiger partial charge in [0.25, 0.3) is 0 Å². The van der Waals surface area contributed by atoms with E-state index >= 15 is 0 Å². The minimum absolute atomic E-state index is 0.00696. The zero-order chi connectivity index (χ0) is 27.0. The van der Waals surface area contributed by atoms with Crippen LogP contribution in [-0.2, 0) is 4.79 Å². The quantitative estimate of drug-likeness (QED) is 0.314. The number of aldehydes is 1. The van der Waals surface area contributed by atoms with Crippen LogP contribution in [0.1, 0.15) is 82.6 Å². The van der Waals surface area contributed by atoms with Gasteiger partial charge in [0.1, 0.15) is 6.29 Å². The Kier molecular flexibility index (Phi) is 5.16. The van der Waals surface area contributed by atoms with Crippen LogP contribution >= 0.6 is 0 Å². The number of rotatable bonds is 3. The van der Waals surface area contributed by atoms with E-state index in [-0.39, 0.29) is 11.5 Å². The molecular weight excluding hydrogens is 488 g/mol. The second-order valence-electron chi connectivity index (χ2n) is 16.1. The van der Waals surface area contributed by atoms with E-state index in [1.807, 2.05) is 0 Å². The third-order valence-corrected chi connectivity index (χ3v) is 14.9. The first-order valence-electron chi connectivity index (χ1n) is 16.9. The molecule has 2 bridgehead atoms. The van der Waals surface area contributed by atoms with Gasteiger partial charge < -0.3 is 15.8 Å². The monoisotopic (exact) mass is 536 g/mol. The standard InChI is InChI=1S/C37H48N2O/c1-20-13-28-21(2)7-10-31-35(30(28)14-20)37(31,34(38)19-40)24-8-9-26-23(16-24)17-32-29(26)18-25-15-22-11-12-36(25,32)39-33-6-4-3-5-27(22)33/h3-6,8-9,19-20,22-26,28-32,34-35,39H,2,7,10-18,38H2,1H3/t20-,22-,23+,24+,25+,26+,28+,29+,30+,31+,32+,34+,35-,36+,37+/m0/s1. The first-order chi connectivity index (χ1) is 19.5. The molecule has 1 aromatic carbocycles. The van der Waals surface area contributed by atoms with E-state index in [2.05, 4.69) is 55.2 Å². The molecule has 40 heavy (non-hydrogen) atoms. The molecule has 7 aliphatic carbocycles. The summed E-state index contributed by atoms with van der Waals surface area (Å²) in [7, 11) is 0. The molecule has 10 rings (SSSR count). The van der Waals surface area contributed by atoms with Gasteiger partial charge in [0.15, 0.2) is 0 Å². The Balaban J connectivity index is 1.03. The van der Waals surface area contributed by atoms with Crippen molar-refractivity contribution in [3.05, 3.63) is 54.1 Å². The molecule has 0 amide bonds. The summed E-state index contributed by atoms with van der Waals surface area (Å²) in [4.78, 5) is 12.5. The molecule has 0 aromatic heterocycles. The van der Waals surface area contributed by atoms with E-state index < -0.39 is 0 Å². The fraction of sp³-hybridized carbons (Fsp3) is 0.703. The van der Waals surface area contributed by atoms with Crippen LogP contribution in [0, 0.1) is 70.5 Å². The van der Waals surface area contributed by atoms with Crippen LogP contribution in [0.5, 0.6) is 0 Å². The van der Waals surface area contributed by atoms with Crippen molar-refractivity contribution in [3.8, 4) is 0 Å². The highest BCUT2D eigenvalue weighted by Crippen LogP contribution is 2.76. The van der Waals surface area contributed by atoms with E-state index in [4.69, 9.17) is 5.73 Å². The molecule has 2 heterocycles. The number of nitrogens with one attached hydrogen (secondary N) is 1. The van der Waals surface area contributed by atoms with Crippen molar-refractivity contribution in [2.45, 2.75) is 88.6 Å². The molecule has 0 unspecified atom stereocenters. The molecule has 0 saturated heterocycles. The number of carbonyl (C=O) groups excluding carboxylic acids is 1. The highest BCUT2D eigenvalue weighted by atomic mass is 16.1. The molecule has 1 spiro atoms. The number of carbonyl (C=O) groups is 1. The molecule has 212 valence electrons. The van der Waals surface area contributed by atoms with Crippen molar-refractivity contribution in [2.75, 3.05) is 5.32 Å². The Morgan fingerprint density at radius 2 is 1.90 bits per heavy atom. The van der Waals surface area contributed by atoms with Crippen molar-refractivity contribution in [1.82, 2.24) is 0 Å². The average molecular weight is 537 g/mol. The lowest BCUT2D eigenvalue weighted by Gasteiger charge is -2.44. The largest absolute Gasteiger partial charge is 0.379 e. The predicted octanol–water partition coefficient (Wildman–Crippen LogP) is 7.35. The minimum atomic E-state index is -0.323. The van der Waals surface area contributed by atoms with Gasteiger partial charge in [-0.2, -0.15) is 0 Å². The average Bonchev–Trinajstić information content (AvgIpc) is 3.27. The molecule has 15 atom stereocenters. The lowest BCUT2D eigenvalue weighted by Crippen LogP contribution is -2.49. The summed E-state index contributed by atoms with van der Waals surface area (Å²) in [5.74, 6) is 8.48. The second-order valence-corrected chi connectivity index (χ2v) is 16.1. The minimum Gasteiger partial charge on any atom is -0.379 e. The zero-order valence-electron chi connectivity index (χ0n) is 24.3. The van der Waals surface area contributed by atoms with Crippen molar-refractivity contribution in [3.63, 3.8) is 0 Å². The smallest absolute Gasteiger partial charge is 0.137 e. The predicted molar refractivity (Wildman–Crippen MR) is 161 cm³/mol. The number of allylic oxidation sites excluding steroid dienone is 3. The number of fused-ring (bicyclic) bond motifs is 7. The lowest BCUT2D eigenvalue weighted by molar-refractivity contribution is -0.111. The molecular formula is C37H48N2O. The topological polar surface area (TPSA) is 55.1 Å². The normalized spacial score (nSPS) is 53.6. The number of hydrogen-bond donors (Lipinski definition) is 2. The van der Waals surface area contributed by atoms with Gasteiger partial charge in [-0.1, -0.05) is 49.4 Å². The number of para-hydroxylation sites is 1. The Morgan fingerprint density at radius 3 is 2.77 bits per heavy atom. The van der Waals surface area contributed by atoms with E-state index in [1.165, 1.54) is 69.0 Å². The Hall–Kier alpha value is -1.87. The fourth-order valence-electron chi connectivity index (χ4n) is 13.7. The number of nitrogens with two attached hydrogens (primary N) is 1. The van der Waals surface area contributed by atoms with Gasteiger partial charge in [-0.15, -0.1) is 0 Å². The molecule has 6 fully saturated rings. The summed E-state index contributed by atoms with van der Waals surface area (Å²) in [6.45, 7) is 6.99. The Labute approximate surface area is 240 Å². The van der Waals surface area contributed by atoms with Crippen molar-refractivity contribution < 1.29 is 4.79 Å². The number of anilines is 1. The molecule has 6 saturated carbocycles. The SMILES string of the molecule is C=C1CC[C@@H]2[C@H]([C@@H]3C[C@@H](C)C[C@H]13)[C@]2([C@H](N)C=O)[C@@H]1C=C[C@@H]2[C@@H](C[C@@H]3[C@@H]2C[C@H]2C[C@@H]4CC[C@@]23Nc2ccccc24)C1. The fourth-order valence-corrected chi connectivity index (χ4v) is 13.7. The lowest BCUT2D eigenvalue weighted by atomic mass is 9.65. The summed E-state index contributed by atoms with van der Waals surface area (Å²) >= 11 is 0. The highest BCUT2D eigenvalue weighted by molar-refractivity contribution is 5.62. The van der Waals surface area contributed by atoms with Crippen LogP contribution in [0.25, 0.3) is 0 Å². The first-order valence-corrected chi connectivity index (χ1v) is 16.9. The summed E-state index contributed by atoms with van der Waals surface area (Å²) in [6.07, 6.45) is 19.5. The number of hydrogen-bond acceptors (Lipinski definition) is 3. The van der Waals surface area contributed by atoms with E-state index in [0.717, 1.165) is 54.1 Å². The van der Waals surface area contributed by atoms with E-state index in [1.54, 1.807) is 5.56 Å². The molecule has 1 aromatic rings. The zero-order valence-corrected chi connectivity index (χ0v) is 24.3. The van der Waals surface area contributed by atoms with Crippen LogP contribution < -0.4 is 11.1 Å². The molecule has 9 aliphatic rings. The molecule has 3 heteroatoms. The van der Waals surface area contributed by atoms with Gasteiger partial charge in [0.05, 0.1) is 6.04 Å². The van der Waals surface area contributed by atoms with Crippen LogP contribution in [0.15, 0.2) is 48.6 Å². The van der Waals surface area contributed by atoms with Gasteiger partial charge >= 0.3 is 0 Å². The van der Waals surface area contributed by atoms with Crippen LogP contribution in [-0.4, -0.2) is 17.9 Å². The van der Waals surface area contributed by atoms with Crippen LogP contribution in [0.4, 0.5) is 5.69 Å². The third kappa shape index (κ3) is 2.99. The van der Waals surface area contributed by atoms with Crippen molar-refractivity contribution in [1.29, 1.82) is 0 Å². The van der Waals surface area contributed by atoms with Crippen molar-refractivity contribution >= 4 is 12.0 Å². The van der Waals surface area contributed by atoms with Crippen LogP contribution in [0.3, 0.4) is 0 Å². The van der Waals surface area contributed by atoms with Gasteiger partial charge in [-0.25, -0.2) is 0 Å². The maximum atomic E-state index is 12.5. The molecule has 0 radical (unpaired) electrons. The number of benzene rings is 1. The molecule has 3 nitrogen and oxygen atoms in total. The van der Waals surface area contributed by atoms with Gasteiger partial charge in [0, 0.05) is 16.6 Å². The van der Waals surface area contributed by atoms with Crippen molar-refractivity contribution in [2.24, 2.45) is 76.2 Å². The maximum Gasteiger partial charge on any atom is 0.137 e. The molecule has 3 N–H and O–H groups in total. The summed E-state index contributed by atoms with van der Waals surface area (Å²) in [5.41, 5.74) is 11.7. The molecule has 2 aliphatic heterocycles. The summed E-state index contributed by atoms with van der Waals surface area (Å²) < 4.78 is 0. The Bertz CT molecular complexity index is 1280. The van der Waals surface area contributed by atoms with Crippen LogP contribution in [0.2, 0.25) is 0 Å². The summed E-state index contributed by atoms with van der Waals surface area (Å²) in [6, 6.07) is 8.90. The Morgan fingerprint density at radius 1 is 1.02 bits per heavy atom. The first kappa shape index (κ1) is 24.7. The highest BCUT2D eigenvalue weighted by Gasteiger charge is 2.74. The maximum absolute atomic E-state index is 12.5. The van der Waals surface area contributed by atoms with E-state index in [0.29, 0.717) is 35.1 Å². The summed E-state index contributed by atoms with van der Waals surface area (Å²) in [5, 5.41) is 4.27. The third-order valence-electron chi connectivity index (χ3n) is 14.9. The van der Waals surface area contributed by atoms with Gasteiger partial charge in [-0.05, 0) is 147 Å². The second kappa shape index (κ2) is 8.36.